The van der Waals surface area contributed by atoms with Gasteiger partial charge in [0, 0.05) is 35.6 Å². The van der Waals surface area contributed by atoms with Crippen LogP contribution in [0.25, 0.3) is 11.1 Å². The Kier molecular flexibility index (Phi) is 4.23. The molecular weight excluding hydrogens is 266 g/mol. The van der Waals surface area contributed by atoms with Gasteiger partial charge in [-0.05, 0) is 23.3 Å². The molecule has 5 nitrogen and oxygen atoms in total. The molecule has 5 N–H and O–H groups in total. The number of benzene rings is 2. The SMILES string of the molecule is CC(=O)OCc1ccc(C=N)c(N)c1-c1cccc(N)c1. The van der Waals surface area contributed by atoms with E-state index in [0.29, 0.717) is 16.9 Å². The second kappa shape index (κ2) is 6.09. The highest BCUT2D eigenvalue weighted by Crippen LogP contribution is 2.33. The third-order valence-corrected chi connectivity index (χ3v) is 3.13. The van der Waals surface area contributed by atoms with Gasteiger partial charge in [-0.15, -0.1) is 0 Å². The van der Waals surface area contributed by atoms with Gasteiger partial charge in [0.2, 0.25) is 0 Å². The van der Waals surface area contributed by atoms with Crippen LogP contribution in [0.2, 0.25) is 0 Å². The van der Waals surface area contributed by atoms with E-state index in [1.165, 1.54) is 13.1 Å². The number of anilines is 2. The third-order valence-electron chi connectivity index (χ3n) is 3.13. The molecule has 0 heterocycles. The number of esters is 1. The summed E-state index contributed by atoms with van der Waals surface area (Å²) in [5.41, 5.74) is 16.0. The van der Waals surface area contributed by atoms with Crippen molar-refractivity contribution in [2.45, 2.75) is 13.5 Å². The van der Waals surface area contributed by atoms with Crippen molar-refractivity contribution in [3.63, 3.8) is 0 Å². The number of nitrogens with two attached hydrogens (primary N) is 2. The number of hydrogen-bond donors (Lipinski definition) is 3. The van der Waals surface area contributed by atoms with Gasteiger partial charge in [-0.2, -0.15) is 0 Å². The summed E-state index contributed by atoms with van der Waals surface area (Å²) in [5.74, 6) is -0.358. The number of nitrogen functional groups attached to an aromatic ring is 2. The Balaban J connectivity index is 2.58. The van der Waals surface area contributed by atoms with Crippen molar-refractivity contribution in [1.82, 2.24) is 0 Å². The van der Waals surface area contributed by atoms with Gasteiger partial charge < -0.3 is 21.6 Å². The molecule has 2 rings (SSSR count). The van der Waals surface area contributed by atoms with Crippen LogP contribution in [-0.2, 0) is 16.1 Å². The summed E-state index contributed by atoms with van der Waals surface area (Å²) in [7, 11) is 0. The normalized spacial score (nSPS) is 10.1. The molecule has 2 aromatic rings. The summed E-state index contributed by atoms with van der Waals surface area (Å²) < 4.78 is 5.07. The van der Waals surface area contributed by atoms with Gasteiger partial charge in [0.25, 0.3) is 0 Å². The van der Waals surface area contributed by atoms with Crippen LogP contribution in [0, 0.1) is 5.41 Å². The van der Waals surface area contributed by atoms with Crippen molar-refractivity contribution in [2.24, 2.45) is 0 Å². The number of carbonyl (C=O) groups excluding carboxylic acids is 1. The first-order valence-electron chi connectivity index (χ1n) is 6.44. The fraction of sp³-hybridized carbons (Fsp3) is 0.125. The molecule has 2 aromatic carbocycles. The number of hydrogen-bond acceptors (Lipinski definition) is 5. The van der Waals surface area contributed by atoms with Gasteiger partial charge >= 0.3 is 5.97 Å². The van der Waals surface area contributed by atoms with E-state index in [1.807, 2.05) is 12.1 Å². The smallest absolute Gasteiger partial charge is 0.302 e. The zero-order valence-corrected chi connectivity index (χ0v) is 11.7. The quantitative estimate of drug-likeness (QED) is 0.456. The highest BCUT2D eigenvalue weighted by atomic mass is 16.5. The van der Waals surface area contributed by atoms with E-state index < -0.39 is 0 Å². The fourth-order valence-corrected chi connectivity index (χ4v) is 2.14. The minimum Gasteiger partial charge on any atom is -0.461 e. The molecule has 0 aliphatic rings. The zero-order valence-electron chi connectivity index (χ0n) is 11.7. The summed E-state index contributed by atoms with van der Waals surface area (Å²) in [6, 6.07) is 10.8. The van der Waals surface area contributed by atoms with E-state index in [4.69, 9.17) is 21.6 Å². The molecule has 0 spiro atoms. The maximum Gasteiger partial charge on any atom is 0.302 e. The molecule has 0 fully saturated rings. The molecule has 0 aliphatic heterocycles. The second-order valence-corrected chi connectivity index (χ2v) is 4.65. The average molecular weight is 283 g/mol. The number of ether oxygens (including phenoxy) is 1. The summed E-state index contributed by atoms with van der Waals surface area (Å²) in [5, 5.41) is 7.41. The molecular formula is C16H17N3O2. The van der Waals surface area contributed by atoms with E-state index in [-0.39, 0.29) is 12.6 Å². The molecule has 0 aliphatic carbocycles. The van der Waals surface area contributed by atoms with Crippen LogP contribution in [0.1, 0.15) is 18.1 Å². The highest BCUT2D eigenvalue weighted by Gasteiger charge is 2.13. The van der Waals surface area contributed by atoms with Gasteiger partial charge in [-0.25, -0.2) is 0 Å². The monoisotopic (exact) mass is 283 g/mol. The number of rotatable bonds is 4. The largest absolute Gasteiger partial charge is 0.461 e. The zero-order chi connectivity index (χ0) is 15.4. The standard InChI is InChI=1S/C16H17N3O2/c1-10(20)21-9-13-6-5-12(8-17)16(19)15(13)11-3-2-4-14(18)7-11/h2-8,17H,9,18-19H2,1H3. The van der Waals surface area contributed by atoms with Gasteiger partial charge in [-0.1, -0.05) is 24.3 Å². The lowest BCUT2D eigenvalue weighted by molar-refractivity contribution is -0.142. The van der Waals surface area contributed by atoms with Crippen LogP contribution in [0.15, 0.2) is 36.4 Å². The number of carbonyl (C=O) groups is 1. The van der Waals surface area contributed by atoms with E-state index in [0.717, 1.165) is 16.7 Å². The summed E-state index contributed by atoms with van der Waals surface area (Å²) >= 11 is 0. The maximum absolute atomic E-state index is 11.0. The molecule has 5 heteroatoms. The molecule has 0 saturated heterocycles. The Bertz CT molecular complexity index is 696. The van der Waals surface area contributed by atoms with Crippen LogP contribution in [0.5, 0.6) is 0 Å². The van der Waals surface area contributed by atoms with E-state index in [2.05, 4.69) is 0 Å². The maximum atomic E-state index is 11.0. The van der Waals surface area contributed by atoms with Gasteiger partial charge in [-0.3, -0.25) is 4.79 Å². The van der Waals surface area contributed by atoms with Gasteiger partial charge in [0.05, 0.1) is 0 Å². The van der Waals surface area contributed by atoms with Crippen molar-refractivity contribution in [3.05, 3.63) is 47.5 Å². The Labute approximate surface area is 123 Å². The minimum absolute atomic E-state index is 0.127. The Morgan fingerprint density at radius 2 is 2.05 bits per heavy atom. The predicted molar refractivity (Wildman–Crippen MR) is 84.1 cm³/mol. The molecule has 108 valence electrons. The van der Waals surface area contributed by atoms with Crippen LogP contribution >= 0.6 is 0 Å². The first-order chi connectivity index (χ1) is 10.0. The predicted octanol–water partition coefficient (Wildman–Crippen LogP) is 2.58. The van der Waals surface area contributed by atoms with Crippen molar-refractivity contribution >= 4 is 23.6 Å². The first kappa shape index (κ1) is 14.6. The second-order valence-electron chi connectivity index (χ2n) is 4.65. The Morgan fingerprint density at radius 1 is 1.29 bits per heavy atom. The summed E-state index contributed by atoms with van der Waals surface area (Å²) in [6.07, 6.45) is 1.20. The highest BCUT2D eigenvalue weighted by molar-refractivity contribution is 5.94. The molecule has 0 saturated carbocycles. The lowest BCUT2D eigenvalue weighted by Gasteiger charge is -2.15. The average Bonchev–Trinajstić information content (AvgIpc) is 2.45. The third kappa shape index (κ3) is 3.20. The van der Waals surface area contributed by atoms with Crippen LogP contribution in [-0.4, -0.2) is 12.2 Å². The topological polar surface area (TPSA) is 102 Å². The van der Waals surface area contributed by atoms with Crippen molar-refractivity contribution in [1.29, 1.82) is 5.41 Å². The van der Waals surface area contributed by atoms with Crippen molar-refractivity contribution in [2.75, 3.05) is 11.5 Å². The molecule has 0 unspecified atom stereocenters. The summed E-state index contributed by atoms with van der Waals surface area (Å²) in [6.45, 7) is 1.48. The van der Waals surface area contributed by atoms with Crippen LogP contribution in [0.4, 0.5) is 11.4 Å². The van der Waals surface area contributed by atoms with Gasteiger partial charge in [0.1, 0.15) is 6.61 Å². The van der Waals surface area contributed by atoms with Crippen LogP contribution in [0.3, 0.4) is 0 Å². The Hall–Kier alpha value is -2.82. The van der Waals surface area contributed by atoms with Crippen molar-refractivity contribution in [3.8, 4) is 11.1 Å². The fourth-order valence-electron chi connectivity index (χ4n) is 2.14. The molecule has 0 radical (unpaired) electrons. The van der Waals surface area contributed by atoms with Gasteiger partial charge in [0.15, 0.2) is 0 Å². The Morgan fingerprint density at radius 3 is 2.67 bits per heavy atom. The van der Waals surface area contributed by atoms with E-state index in [1.54, 1.807) is 24.3 Å². The van der Waals surface area contributed by atoms with E-state index in [9.17, 15) is 4.79 Å². The molecule has 21 heavy (non-hydrogen) atoms. The first-order valence-corrected chi connectivity index (χ1v) is 6.44. The van der Waals surface area contributed by atoms with Crippen LogP contribution < -0.4 is 11.5 Å². The molecule has 0 amide bonds. The molecule has 0 atom stereocenters. The molecule has 0 bridgehead atoms. The van der Waals surface area contributed by atoms with Crippen molar-refractivity contribution < 1.29 is 9.53 Å². The minimum atomic E-state index is -0.358. The van der Waals surface area contributed by atoms with E-state index >= 15 is 0 Å². The lowest BCUT2D eigenvalue weighted by Crippen LogP contribution is -2.05. The lowest BCUT2D eigenvalue weighted by atomic mass is 9.95. The molecule has 0 aromatic heterocycles. The number of nitrogens with one attached hydrogen (secondary N) is 1. The summed E-state index contributed by atoms with van der Waals surface area (Å²) in [4.78, 5) is 11.0.